The Hall–Kier alpha value is -1.32. The summed E-state index contributed by atoms with van der Waals surface area (Å²) >= 11 is 12.1. The largest absolute Gasteiger partial charge is 0.496 e. The van der Waals surface area contributed by atoms with Gasteiger partial charge in [-0.05, 0) is 24.3 Å². The van der Waals surface area contributed by atoms with Crippen molar-refractivity contribution >= 4 is 23.2 Å². The zero-order valence-electron chi connectivity index (χ0n) is 9.96. The van der Waals surface area contributed by atoms with Crippen molar-refractivity contribution in [1.29, 1.82) is 0 Å². The Kier molecular flexibility index (Phi) is 4.27. The lowest BCUT2D eigenvalue weighted by Crippen LogP contribution is -2.00. The predicted molar refractivity (Wildman–Crippen MR) is 72.1 cm³/mol. The SMILES string of the molecule is COc1ccc(Cl)cc1C(Cl)c1ccc(F)cc1F. The second kappa shape index (κ2) is 5.76. The molecule has 0 aliphatic heterocycles. The molecule has 19 heavy (non-hydrogen) atoms. The number of alkyl halides is 1. The number of halogens is 4. The smallest absolute Gasteiger partial charge is 0.131 e. The summed E-state index contributed by atoms with van der Waals surface area (Å²) in [5, 5.41) is -0.349. The third-order valence-electron chi connectivity index (χ3n) is 2.70. The number of hydrogen-bond donors (Lipinski definition) is 0. The molecular formula is C14H10Cl2F2O. The Labute approximate surface area is 119 Å². The molecule has 0 radical (unpaired) electrons. The van der Waals surface area contributed by atoms with Crippen LogP contribution in [0.15, 0.2) is 36.4 Å². The highest BCUT2D eigenvalue weighted by Crippen LogP contribution is 2.37. The van der Waals surface area contributed by atoms with Gasteiger partial charge in [0.05, 0.1) is 12.5 Å². The van der Waals surface area contributed by atoms with Gasteiger partial charge in [0.25, 0.3) is 0 Å². The highest BCUT2D eigenvalue weighted by atomic mass is 35.5. The molecule has 0 amide bonds. The molecule has 1 nitrogen and oxygen atoms in total. The van der Waals surface area contributed by atoms with Crippen LogP contribution in [0.2, 0.25) is 5.02 Å². The summed E-state index contributed by atoms with van der Waals surface area (Å²) in [5.74, 6) is -0.863. The van der Waals surface area contributed by atoms with Crippen LogP contribution in [0.3, 0.4) is 0 Å². The molecule has 0 saturated heterocycles. The summed E-state index contributed by atoms with van der Waals surface area (Å²) in [6.45, 7) is 0. The summed E-state index contributed by atoms with van der Waals surface area (Å²) < 4.78 is 31.8. The quantitative estimate of drug-likeness (QED) is 0.729. The van der Waals surface area contributed by atoms with E-state index in [0.717, 1.165) is 12.1 Å². The van der Waals surface area contributed by atoms with Gasteiger partial charge in [0.1, 0.15) is 17.4 Å². The van der Waals surface area contributed by atoms with Crippen molar-refractivity contribution < 1.29 is 13.5 Å². The fourth-order valence-corrected chi connectivity index (χ4v) is 2.31. The van der Waals surface area contributed by atoms with Gasteiger partial charge in [0.2, 0.25) is 0 Å². The van der Waals surface area contributed by atoms with Crippen LogP contribution in [0.5, 0.6) is 5.75 Å². The second-order valence-electron chi connectivity index (χ2n) is 3.91. The topological polar surface area (TPSA) is 9.23 Å². The van der Waals surface area contributed by atoms with Crippen molar-refractivity contribution in [3.63, 3.8) is 0 Å². The van der Waals surface area contributed by atoms with Gasteiger partial charge < -0.3 is 4.74 Å². The monoisotopic (exact) mass is 302 g/mol. The molecule has 1 unspecified atom stereocenters. The molecule has 0 aliphatic carbocycles. The lowest BCUT2D eigenvalue weighted by atomic mass is 10.0. The Balaban J connectivity index is 2.49. The van der Waals surface area contributed by atoms with E-state index in [1.54, 1.807) is 18.2 Å². The summed E-state index contributed by atoms with van der Waals surface area (Å²) in [5.41, 5.74) is 0.700. The minimum atomic E-state index is -0.811. The Bertz CT molecular complexity index is 602. The van der Waals surface area contributed by atoms with Gasteiger partial charge in [-0.25, -0.2) is 8.78 Å². The van der Waals surface area contributed by atoms with Crippen molar-refractivity contribution in [3.05, 3.63) is 64.2 Å². The molecular weight excluding hydrogens is 293 g/mol. The summed E-state index contributed by atoms with van der Waals surface area (Å²) in [4.78, 5) is 0. The van der Waals surface area contributed by atoms with Crippen LogP contribution in [0.25, 0.3) is 0 Å². The van der Waals surface area contributed by atoms with Crippen molar-refractivity contribution in [3.8, 4) is 5.75 Å². The molecule has 0 spiro atoms. The van der Waals surface area contributed by atoms with Crippen molar-refractivity contribution in [2.45, 2.75) is 5.38 Å². The maximum atomic E-state index is 13.7. The Morgan fingerprint density at radius 2 is 1.79 bits per heavy atom. The lowest BCUT2D eigenvalue weighted by Gasteiger charge is -2.15. The molecule has 1 atom stereocenters. The highest BCUT2D eigenvalue weighted by Gasteiger charge is 2.19. The zero-order chi connectivity index (χ0) is 14.0. The maximum Gasteiger partial charge on any atom is 0.131 e. The van der Waals surface area contributed by atoms with Gasteiger partial charge in [0.15, 0.2) is 0 Å². The average molecular weight is 303 g/mol. The summed E-state index contributed by atoms with van der Waals surface area (Å²) in [6.07, 6.45) is 0. The van der Waals surface area contributed by atoms with Gasteiger partial charge in [-0.2, -0.15) is 0 Å². The molecule has 0 aliphatic rings. The lowest BCUT2D eigenvalue weighted by molar-refractivity contribution is 0.410. The molecule has 100 valence electrons. The number of methoxy groups -OCH3 is 1. The van der Waals surface area contributed by atoms with E-state index in [2.05, 4.69) is 0 Å². The number of hydrogen-bond acceptors (Lipinski definition) is 1. The molecule has 0 aromatic heterocycles. The van der Waals surface area contributed by atoms with Gasteiger partial charge in [-0.3, -0.25) is 0 Å². The minimum absolute atomic E-state index is 0.170. The molecule has 5 heteroatoms. The van der Waals surface area contributed by atoms with Crippen molar-refractivity contribution in [2.24, 2.45) is 0 Å². The van der Waals surface area contributed by atoms with E-state index in [4.69, 9.17) is 27.9 Å². The molecule has 0 saturated carbocycles. The van der Waals surface area contributed by atoms with E-state index < -0.39 is 17.0 Å². The third-order valence-corrected chi connectivity index (χ3v) is 3.41. The van der Waals surface area contributed by atoms with E-state index in [1.165, 1.54) is 13.2 Å². The molecule has 2 aromatic rings. The first-order valence-corrected chi connectivity index (χ1v) is 6.27. The molecule has 0 fully saturated rings. The van der Waals surface area contributed by atoms with E-state index >= 15 is 0 Å². The van der Waals surface area contributed by atoms with Gasteiger partial charge in [0, 0.05) is 22.2 Å². The minimum Gasteiger partial charge on any atom is -0.496 e. The Morgan fingerprint density at radius 3 is 2.42 bits per heavy atom. The average Bonchev–Trinajstić information content (AvgIpc) is 2.38. The van der Waals surface area contributed by atoms with Crippen LogP contribution in [0, 0.1) is 11.6 Å². The number of benzene rings is 2. The normalized spacial score (nSPS) is 12.3. The standard InChI is InChI=1S/C14H10Cl2F2O/c1-19-13-5-2-8(15)6-11(13)14(16)10-4-3-9(17)7-12(10)18/h2-7,14H,1H3. The van der Waals surface area contributed by atoms with Crippen LogP contribution in [-0.4, -0.2) is 7.11 Å². The van der Waals surface area contributed by atoms with E-state index in [-0.39, 0.29) is 5.56 Å². The second-order valence-corrected chi connectivity index (χ2v) is 4.79. The number of ether oxygens (including phenoxy) is 1. The highest BCUT2D eigenvalue weighted by molar-refractivity contribution is 6.31. The van der Waals surface area contributed by atoms with Crippen LogP contribution in [-0.2, 0) is 0 Å². The molecule has 0 N–H and O–H groups in total. The van der Waals surface area contributed by atoms with Crippen LogP contribution in [0.1, 0.15) is 16.5 Å². The Morgan fingerprint density at radius 1 is 1.05 bits per heavy atom. The fraction of sp³-hybridized carbons (Fsp3) is 0.143. The van der Waals surface area contributed by atoms with Crippen molar-refractivity contribution in [2.75, 3.05) is 7.11 Å². The van der Waals surface area contributed by atoms with Crippen LogP contribution in [0.4, 0.5) is 8.78 Å². The molecule has 2 aromatic carbocycles. The summed E-state index contributed by atoms with van der Waals surface area (Å²) in [7, 11) is 1.48. The van der Waals surface area contributed by atoms with Crippen LogP contribution >= 0.6 is 23.2 Å². The number of rotatable bonds is 3. The summed E-state index contributed by atoms with van der Waals surface area (Å²) in [6, 6.07) is 8.15. The van der Waals surface area contributed by atoms with Crippen molar-refractivity contribution in [1.82, 2.24) is 0 Å². The first kappa shape index (κ1) is 14.1. The first-order valence-electron chi connectivity index (χ1n) is 5.45. The first-order chi connectivity index (χ1) is 9.02. The van der Waals surface area contributed by atoms with Gasteiger partial charge in [-0.1, -0.05) is 17.7 Å². The van der Waals surface area contributed by atoms with Gasteiger partial charge >= 0.3 is 0 Å². The van der Waals surface area contributed by atoms with Crippen LogP contribution < -0.4 is 4.74 Å². The zero-order valence-corrected chi connectivity index (χ0v) is 11.5. The molecule has 2 rings (SSSR count). The van der Waals surface area contributed by atoms with E-state index in [9.17, 15) is 8.78 Å². The van der Waals surface area contributed by atoms with E-state index in [1.807, 2.05) is 0 Å². The maximum absolute atomic E-state index is 13.7. The predicted octanol–water partition coefficient (Wildman–Crippen LogP) is 4.96. The van der Waals surface area contributed by atoms with E-state index in [0.29, 0.717) is 16.3 Å². The fourth-order valence-electron chi connectivity index (χ4n) is 1.78. The molecule has 0 bridgehead atoms. The molecule has 0 heterocycles. The van der Waals surface area contributed by atoms with Gasteiger partial charge in [-0.15, -0.1) is 11.6 Å². The third kappa shape index (κ3) is 2.99.